The van der Waals surface area contributed by atoms with Crippen molar-refractivity contribution in [3.05, 3.63) is 59.7 Å². The molecule has 2 amide bonds. The first-order chi connectivity index (χ1) is 16.9. The Bertz CT molecular complexity index is 1040. The number of rotatable bonds is 8. The van der Waals surface area contributed by atoms with Gasteiger partial charge in [-0.15, -0.1) is 0 Å². The number of alkyl carbamates (subject to hydrolysis) is 1. The number of aliphatic carboxylic acids is 1. The van der Waals surface area contributed by atoms with Crippen LogP contribution in [0.25, 0.3) is 11.1 Å². The molecule has 2 aliphatic rings. The summed E-state index contributed by atoms with van der Waals surface area (Å²) in [5.74, 6) is -0.922. The number of carbonyl (C=O) groups is 3. The molecule has 4 rings (SSSR count). The molecule has 0 radical (unpaired) electrons. The van der Waals surface area contributed by atoms with Crippen LogP contribution in [0.2, 0.25) is 0 Å². The number of carboxylic acids is 1. The molecule has 1 aliphatic carbocycles. The lowest BCUT2D eigenvalue weighted by Crippen LogP contribution is -2.50. The Kier molecular flexibility index (Phi) is 7.73. The summed E-state index contributed by atoms with van der Waals surface area (Å²) in [6.45, 7) is 5.01. The minimum absolute atomic E-state index is 0.00857. The number of likely N-dealkylation sites (tertiary alicyclic amines) is 1. The minimum Gasteiger partial charge on any atom is -0.480 e. The van der Waals surface area contributed by atoms with E-state index < -0.39 is 18.1 Å². The maximum Gasteiger partial charge on any atom is 0.407 e. The van der Waals surface area contributed by atoms with Gasteiger partial charge in [0.2, 0.25) is 5.91 Å². The van der Waals surface area contributed by atoms with Crippen LogP contribution < -0.4 is 5.32 Å². The van der Waals surface area contributed by atoms with Gasteiger partial charge in [0.05, 0.1) is 0 Å². The summed E-state index contributed by atoms with van der Waals surface area (Å²) in [5, 5.41) is 12.3. The lowest BCUT2D eigenvalue weighted by molar-refractivity contribution is -0.153. The van der Waals surface area contributed by atoms with E-state index in [9.17, 15) is 19.5 Å². The van der Waals surface area contributed by atoms with E-state index >= 15 is 0 Å². The minimum atomic E-state index is -0.949. The number of carbonyl (C=O) groups excluding carboxylic acids is 2. The first kappa shape index (κ1) is 24.8. The third-order valence-corrected chi connectivity index (χ3v) is 7.34. The van der Waals surface area contributed by atoms with Crippen LogP contribution in [-0.2, 0) is 14.3 Å². The van der Waals surface area contributed by atoms with Gasteiger partial charge in [-0.05, 0) is 46.9 Å². The van der Waals surface area contributed by atoms with Crippen molar-refractivity contribution in [1.82, 2.24) is 10.2 Å². The van der Waals surface area contributed by atoms with E-state index in [0.717, 1.165) is 17.5 Å². The predicted octanol–water partition coefficient (Wildman–Crippen LogP) is 4.65. The first-order valence-corrected chi connectivity index (χ1v) is 12.5. The maximum absolute atomic E-state index is 12.9. The van der Waals surface area contributed by atoms with Crippen molar-refractivity contribution >= 4 is 18.0 Å². The third kappa shape index (κ3) is 5.50. The molecule has 0 aromatic heterocycles. The summed E-state index contributed by atoms with van der Waals surface area (Å²) in [7, 11) is 0. The quantitative estimate of drug-likeness (QED) is 0.576. The summed E-state index contributed by atoms with van der Waals surface area (Å²) in [6, 6.07) is 15.6. The molecular formula is C28H34N2O5. The number of hydrogen-bond donors (Lipinski definition) is 2. The maximum atomic E-state index is 12.9. The number of ether oxygens (including phenoxy) is 1. The van der Waals surface area contributed by atoms with Gasteiger partial charge in [0, 0.05) is 25.4 Å². The molecule has 35 heavy (non-hydrogen) atoms. The number of nitrogens with one attached hydrogen (secondary N) is 1. The molecule has 7 heteroatoms. The molecule has 2 aromatic rings. The molecule has 3 atom stereocenters. The molecule has 0 saturated carbocycles. The Morgan fingerprint density at radius 3 is 2.29 bits per heavy atom. The van der Waals surface area contributed by atoms with Crippen LogP contribution in [0, 0.1) is 11.8 Å². The van der Waals surface area contributed by atoms with Crippen LogP contribution in [-0.4, -0.2) is 53.7 Å². The number of amides is 2. The summed E-state index contributed by atoms with van der Waals surface area (Å²) < 4.78 is 5.60. The average molecular weight is 479 g/mol. The summed E-state index contributed by atoms with van der Waals surface area (Å²) in [6.07, 6.45) is 1.68. The number of fused-ring (bicyclic) bond motifs is 3. The summed E-state index contributed by atoms with van der Waals surface area (Å²) in [5.41, 5.74) is 4.66. The zero-order valence-corrected chi connectivity index (χ0v) is 20.4. The zero-order chi connectivity index (χ0) is 24.9. The van der Waals surface area contributed by atoms with Crippen molar-refractivity contribution < 1.29 is 24.2 Å². The number of nitrogens with zero attached hydrogens (tertiary/aromatic N) is 1. The third-order valence-electron chi connectivity index (χ3n) is 7.34. The average Bonchev–Trinajstić information content (AvgIpc) is 3.18. The second kappa shape index (κ2) is 10.9. The van der Waals surface area contributed by atoms with Crippen molar-refractivity contribution in [1.29, 1.82) is 0 Å². The summed E-state index contributed by atoms with van der Waals surface area (Å²) >= 11 is 0. The highest BCUT2D eigenvalue weighted by molar-refractivity contribution is 5.84. The lowest BCUT2D eigenvalue weighted by atomic mass is 9.92. The largest absolute Gasteiger partial charge is 0.480 e. The Hall–Kier alpha value is -3.35. The van der Waals surface area contributed by atoms with Crippen molar-refractivity contribution in [2.45, 2.75) is 51.5 Å². The number of piperidine rings is 1. The number of carboxylic acid groups (broad SMARTS) is 1. The van der Waals surface area contributed by atoms with Gasteiger partial charge in [-0.2, -0.15) is 0 Å². The molecule has 3 unspecified atom stereocenters. The monoisotopic (exact) mass is 478 g/mol. The zero-order valence-electron chi connectivity index (χ0n) is 20.4. The van der Waals surface area contributed by atoms with E-state index in [-0.39, 0.29) is 36.7 Å². The highest BCUT2D eigenvalue weighted by Gasteiger charge is 2.35. The molecule has 186 valence electrons. The molecule has 1 saturated heterocycles. The van der Waals surface area contributed by atoms with Gasteiger partial charge < -0.3 is 20.1 Å². The fourth-order valence-electron chi connectivity index (χ4n) is 5.29. The van der Waals surface area contributed by atoms with Crippen molar-refractivity contribution in [3.8, 4) is 11.1 Å². The van der Waals surface area contributed by atoms with Gasteiger partial charge in [-0.3, -0.25) is 4.79 Å². The van der Waals surface area contributed by atoms with Crippen LogP contribution >= 0.6 is 0 Å². The van der Waals surface area contributed by atoms with Crippen molar-refractivity contribution in [2.24, 2.45) is 11.8 Å². The van der Waals surface area contributed by atoms with Crippen LogP contribution in [0.3, 0.4) is 0 Å². The van der Waals surface area contributed by atoms with Crippen LogP contribution in [0.15, 0.2) is 48.5 Å². The summed E-state index contributed by atoms with van der Waals surface area (Å²) in [4.78, 5) is 38.6. The van der Waals surface area contributed by atoms with E-state index in [4.69, 9.17) is 4.74 Å². The van der Waals surface area contributed by atoms with E-state index in [1.165, 1.54) is 16.0 Å². The highest BCUT2D eigenvalue weighted by atomic mass is 16.5. The smallest absolute Gasteiger partial charge is 0.407 e. The van der Waals surface area contributed by atoms with E-state index in [0.29, 0.717) is 25.9 Å². The van der Waals surface area contributed by atoms with E-state index in [1.54, 1.807) is 0 Å². The van der Waals surface area contributed by atoms with E-state index in [1.807, 2.05) is 38.1 Å². The van der Waals surface area contributed by atoms with Gasteiger partial charge in [0.1, 0.15) is 12.6 Å². The first-order valence-electron chi connectivity index (χ1n) is 12.5. The number of hydrogen-bond acceptors (Lipinski definition) is 4. The van der Waals surface area contributed by atoms with Gasteiger partial charge in [-0.1, -0.05) is 68.8 Å². The fraction of sp³-hybridized carbons (Fsp3) is 0.464. The molecule has 2 aromatic carbocycles. The van der Waals surface area contributed by atoms with Crippen LogP contribution in [0.5, 0.6) is 0 Å². The predicted molar refractivity (Wildman–Crippen MR) is 133 cm³/mol. The fourth-order valence-corrected chi connectivity index (χ4v) is 5.29. The second-order valence-electron chi connectivity index (χ2n) is 9.77. The normalized spacial score (nSPS) is 20.0. The standard InChI is InChI=1S/C28H34N2O5/c1-3-19(14-26(31)30-16-18(2)12-13-25(30)27(32)33)15-29-28(34)35-17-24-22-10-6-4-8-20(22)21-9-5-7-11-23(21)24/h4-11,18-19,24-25H,3,12-17H2,1-2H3,(H,29,34)(H,32,33). The molecule has 0 bridgehead atoms. The molecule has 1 heterocycles. The highest BCUT2D eigenvalue weighted by Crippen LogP contribution is 2.44. The topological polar surface area (TPSA) is 95.9 Å². The van der Waals surface area contributed by atoms with Crippen LogP contribution in [0.1, 0.15) is 56.6 Å². The Labute approximate surface area is 206 Å². The van der Waals surface area contributed by atoms with Crippen molar-refractivity contribution in [2.75, 3.05) is 19.7 Å². The molecule has 0 spiro atoms. The van der Waals surface area contributed by atoms with Gasteiger partial charge in [0.25, 0.3) is 0 Å². The Morgan fingerprint density at radius 2 is 1.69 bits per heavy atom. The van der Waals surface area contributed by atoms with Crippen LogP contribution in [0.4, 0.5) is 4.79 Å². The SMILES string of the molecule is CCC(CNC(=O)OCC1c2ccccc2-c2ccccc21)CC(=O)N1CC(C)CCC1C(=O)O. The van der Waals surface area contributed by atoms with Crippen molar-refractivity contribution in [3.63, 3.8) is 0 Å². The number of benzene rings is 2. The second-order valence-corrected chi connectivity index (χ2v) is 9.77. The Morgan fingerprint density at radius 1 is 1.06 bits per heavy atom. The molecular weight excluding hydrogens is 444 g/mol. The van der Waals surface area contributed by atoms with Gasteiger partial charge in [-0.25, -0.2) is 9.59 Å². The Balaban J connectivity index is 1.30. The van der Waals surface area contributed by atoms with Gasteiger partial charge >= 0.3 is 12.1 Å². The van der Waals surface area contributed by atoms with Gasteiger partial charge in [0.15, 0.2) is 0 Å². The van der Waals surface area contributed by atoms with E-state index in [2.05, 4.69) is 29.6 Å². The lowest BCUT2D eigenvalue weighted by Gasteiger charge is -2.37. The molecule has 2 N–H and O–H groups in total. The molecule has 7 nitrogen and oxygen atoms in total. The molecule has 1 fully saturated rings. The molecule has 1 aliphatic heterocycles.